The number of carbonyl (C=O) groups excluding carboxylic acids is 2. The molecule has 0 saturated heterocycles. The molecule has 0 aliphatic heterocycles. The molecule has 0 atom stereocenters. The Morgan fingerprint density at radius 2 is 0.688 bits per heavy atom. The Morgan fingerprint density at radius 3 is 1.08 bits per heavy atom. The predicted molar refractivity (Wildman–Crippen MR) is 335 cm³/mol. The highest BCUT2D eigenvalue weighted by molar-refractivity contribution is 9.11. The first-order valence-corrected chi connectivity index (χ1v) is 27.2. The van der Waals surface area contributed by atoms with E-state index in [0.29, 0.717) is 5.46 Å². The van der Waals surface area contributed by atoms with Crippen LogP contribution in [-0.4, -0.2) is 41.2 Å². The standard InChI is InChI=1S/C19H17NO.C19H16O.C11H7BrO.C10H6Br2.C8H11BO2/c1-13-7-8-15(11-14(13)2)18-10-9-16(12-20-21)17-5-3-4-6-19(17)18;1-13-7-8-15(11-14(13)2)18-10-9-16(12-20)17-5-3-4-6-19(17)18;12-11-6-5-8(7-13)9-3-1-2-4-10(9)11;11-9-5-6-10(12)8-4-2-1-3-7(8)9;1-6-3-4-8(9(10)11)5-7(6)2/h3-12,21H,1-2H3;3-12H,1-2H3;1-7H;1-6H;3-5,10-11H,1-2H3/b20-12+;;;;. The average Bonchev–Trinajstić information content (AvgIpc) is 3.46. The minimum absolute atomic E-state index is 0.549. The Morgan fingerprint density at radius 1 is 0.364 bits per heavy atom. The first kappa shape index (κ1) is 57.4. The molecule has 3 N–H and O–H groups in total. The monoisotopic (exact) mass is 1200 g/mol. The number of oxime groups is 1. The number of hydrogen-bond acceptors (Lipinski definition) is 6. The number of hydrogen-bond donors (Lipinski definition) is 3. The van der Waals surface area contributed by atoms with E-state index in [-0.39, 0.29) is 0 Å². The third-order valence-corrected chi connectivity index (χ3v) is 15.6. The van der Waals surface area contributed by atoms with Gasteiger partial charge < -0.3 is 15.3 Å². The number of aldehydes is 2. The molecule has 0 spiro atoms. The van der Waals surface area contributed by atoms with E-state index in [2.05, 4.69) is 153 Å². The van der Waals surface area contributed by atoms with Crippen LogP contribution >= 0.6 is 47.8 Å². The largest absolute Gasteiger partial charge is 0.488 e. The molecular weight excluding hydrogens is 1150 g/mol. The Hall–Kier alpha value is -7.31. The molecule has 0 aromatic heterocycles. The van der Waals surface area contributed by atoms with Gasteiger partial charge in [0.25, 0.3) is 0 Å². The molecule has 0 fully saturated rings. The van der Waals surface area contributed by atoms with Crippen LogP contribution in [0.1, 0.15) is 59.7 Å². The molecule has 0 amide bonds. The van der Waals surface area contributed by atoms with Crippen molar-refractivity contribution >= 4 is 122 Å². The van der Waals surface area contributed by atoms with E-state index in [9.17, 15) is 9.59 Å². The van der Waals surface area contributed by atoms with Gasteiger partial charge in [-0.3, -0.25) is 9.59 Å². The van der Waals surface area contributed by atoms with E-state index < -0.39 is 7.12 Å². The van der Waals surface area contributed by atoms with Gasteiger partial charge in [-0.15, -0.1) is 0 Å². The van der Waals surface area contributed by atoms with Crippen LogP contribution in [0.3, 0.4) is 0 Å². The van der Waals surface area contributed by atoms with Crippen LogP contribution in [0.15, 0.2) is 219 Å². The van der Waals surface area contributed by atoms with E-state index in [1.807, 2.05) is 129 Å². The number of benzene rings is 11. The summed E-state index contributed by atoms with van der Waals surface area (Å²) in [5.74, 6) is 0. The van der Waals surface area contributed by atoms with Crippen molar-refractivity contribution in [2.75, 3.05) is 0 Å². The molecule has 10 heteroatoms. The summed E-state index contributed by atoms with van der Waals surface area (Å²) in [7, 11) is -1.35. The van der Waals surface area contributed by atoms with Gasteiger partial charge >= 0.3 is 7.12 Å². The molecule has 11 rings (SSSR count). The summed E-state index contributed by atoms with van der Waals surface area (Å²) in [5, 5.41) is 38.5. The van der Waals surface area contributed by atoms with Crippen LogP contribution in [0, 0.1) is 41.5 Å². The van der Waals surface area contributed by atoms with Crippen molar-refractivity contribution in [1.29, 1.82) is 0 Å². The number of halogens is 3. The number of nitrogens with zero attached hydrogens (tertiary/aromatic N) is 1. The fourth-order valence-electron chi connectivity index (χ4n) is 8.78. The number of carbonyl (C=O) groups is 2. The molecule has 11 aromatic carbocycles. The molecule has 0 unspecified atom stereocenters. The first-order valence-electron chi connectivity index (χ1n) is 24.8. The summed E-state index contributed by atoms with van der Waals surface area (Å²) in [6.45, 7) is 12.4. The zero-order valence-corrected chi connectivity index (χ0v) is 48.4. The molecule has 384 valence electrons. The Kier molecular flexibility index (Phi) is 20.2. The molecule has 0 radical (unpaired) electrons. The van der Waals surface area contributed by atoms with Crippen molar-refractivity contribution in [1.82, 2.24) is 0 Å². The maximum atomic E-state index is 11.2. The number of aryl methyl sites for hydroxylation is 6. The zero-order chi connectivity index (χ0) is 55.2. The second kappa shape index (κ2) is 27.1. The minimum atomic E-state index is -1.35. The van der Waals surface area contributed by atoms with Crippen LogP contribution in [0.25, 0.3) is 65.3 Å². The summed E-state index contributed by atoms with van der Waals surface area (Å²) >= 11 is 10.5. The summed E-state index contributed by atoms with van der Waals surface area (Å²) in [6.07, 6.45) is 3.29. The third-order valence-electron chi connectivity index (χ3n) is 13.6. The molecular formula is C67H57BBr3NO5. The quantitative estimate of drug-likeness (QED) is 0.0505. The fourth-order valence-corrected chi connectivity index (χ4v) is 10.2. The van der Waals surface area contributed by atoms with Crippen LogP contribution in [0.4, 0.5) is 0 Å². The van der Waals surface area contributed by atoms with E-state index >= 15 is 0 Å². The van der Waals surface area contributed by atoms with E-state index in [4.69, 9.17) is 15.3 Å². The lowest BCUT2D eigenvalue weighted by molar-refractivity contribution is 0.111. The Bertz CT molecular complexity index is 3890. The molecule has 0 heterocycles. The number of rotatable bonds is 6. The summed E-state index contributed by atoms with van der Waals surface area (Å²) in [6, 6.07) is 66.6. The zero-order valence-electron chi connectivity index (χ0n) is 43.6. The molecule has 0 saturated carbocycles. The lowest BCUT2D eigenvalue weighted by atomic mass is 9.79. The summed E-state index contributed by atoms with van der Waals surface area (Å²) in [5.41, 5.74) is 15.1. The van der Waals surface area contributed by atoms with Gasteiger partial charge in [-0.25, -0.2) is 0 Å². The van der Waals surface area contributed by atoms with Crippen molar-refractivity contribution in [3.8, 4) is 22.3 Å². The van der Waals surface area contributed by atoms with E-state index in [1.54, 1.807) is 12.1 Å². The normalized spacial score (nSPS) is 10.6. The second-order valence-electron chi connectivity index (χ2n) is 18.5. The van der Waals surface area contributed by atoms with E-state index in [0.717, 1.165) is 86.1 Å². The van der Waals surface area contributed by atoms with Gasteiger partial charge in [0, 0.05) is 30.1 Å². The number of fused-ring (bicyclic) bond motifs is 4. The Balaban J connectivity index is 0.000000143. The van der Waals surface area contributed by atoms with Gasteiger partial charge in [-0.2, -0.15) is 0 Å². The van der Waals surface area contributed by atoms with Gasteiger partial charge in [-0.1, -0.05) is 229 Å². The van der Waals surface area contributed by atoms with Crippen molar-refractivity contribution < 1.29 is 24.8 Å². The maximum Gasteiger partial charge on any atom is 0.488 e. The molecule has 6 nitrogen and oxygen atoms in total. The van der Waals surface area contributed by atoms with Gasteiger partial charge in [0.15, 0.2) is 12.6 Å². The summed E-state index contributed by atoms with van der Waals surface area (Å²) in [4.78, 5) is 21.9. The molecule has 0 aliphatic carbocycles. The highest BCUT2D eigenvalue weighted by Crippen LogP contribution is 2.34. The molecule has 77 heavy (non-hydrogen) atoms. The molecule has 0 bridgehead atoms. The third kappa shape index (κ3) is 14.2. The minimum Gasteiger partial charge on any atom is -0.423 e. The van der Waals surface area contributed by atoms with Crippen LogP contribution < -0.4 is 5.46 Å². The molecule has 11 aromatic rings. The van der Waals surface area contributed by atoms with Gasteiger partial charge in [0.05, 0.1) is 6.21 Å². The van der Waals surface area contributed by atoms with Gasteiger partial charge in [-0.05, 0) is 170 Å². The van der Waals surface area contributed by atoms with Crippen LogP contribution in [0.5, 0.6) is 0 Å². The van der Waals surface area contributed by atoms with E-state index in [1.165, 1.54) is 61.5 Å². The highest BCUT2D eigenvalue weighted by atomic mass is 79.9. The predicted octanol–water partition coefficient (Wildman–Crippen LogP) is 17.6. The van der Waals surface area contributed by atoms with Crippen LogP contribution in [0.2, 0.25) is 0 Å². The SMILES string of the molecule is Brc1ccc(Br)c2ccccc12.Cc1ccc(-c2ccc(/C=N/O)c3ccccc23)cc1C.Cc1ccc(-c2ccc(C=O)c3ccccc23)cc1C.Cc1ccc(B(O)O)cc1C.O=Cc1ccc(Br)c2ccccc12. The molecule has 0 aliphatic rings. The van der Waals surface area contributed by atoms with Crippen LogP contribution in [-0.2, 0) is 0 Å². The second-order valence-corrected chi connectivity index (χ2v) is 21.1. The average molecular weight is 1210 g/mol. The van der Waals surface area contributed by atoms with Crippen molar-refractivity contribution in [2.24, 2.45) is 5.16 Å². The Labute approximate surface area is 476 Å². The van der Waals surface area contributed by atoms with Crippen molar-refractivity contribution in [2.45, 2.75) is 41.5 Å². The smallest absolute Gasteiger partial charge is 0.423 e. The topological polar surface area (TPSA) is 107 Å². The lowest BCUT2D eigenvalue weighted by Crippen LogP contribution is -2.29. The lowest BCUT2D eigenvalue weighted by Gasteiger charge is -2.11. The van der Waals surface area contributed by atoms with Gasteiger partial charge in [0.2, 0.25) is 0 Å². The van der Waals surface area contributed by atoms with Crippen molar-refractivity contribution in [3.05, 3.63) is 264 Å². The summed E-state index contributed by atoms with van der Waals surface area (Å²) < 4.78 is 3.30. The highest BCUT2D eigenvalue weighted by Gasteiger charge is 2.12. The van der Waals surface area contributed by atoms with Gasteiger partial charge in [0.1, 0.15) is 0 Å². The fraction of sp³-hybridized carbons (Fsp3) is 0.0896. The first-order chi connectivity index (χ1) is 37.1. The van der Waals surface area contributed by atoms with Crippen molar-refractivity contribution in [3.63, 3.8) is 0 Å². The maximum absolute atomic E-state index is 11.2.